The van der Waals surface area contributed by atoms with Crippen LogP contribution in [-0.4, -0.2) is 16.5 Å². The van der Waals surface area contributed by atoms with Crippen LogP contribution in [0, 0.1) is 0 Å². The first-order valence-electron chi connectivity index (χ1n) is 13.5. The lowest BCUT2D eigenvalue weighted by Gasteiger charge is -2.11. The van der Waals surface area contributed by atoms with Gasteiger partial charge in [0.25, 0.3) is 0 Å². The maximum atomic E-state index is 6.73. The number of fused-ring (bicyclic) bond motifs is 15. The van der Waals surface area contributed by atoms with Gasteiger partial charge in [-0.3, -0.25) is 4.99 Å². The topological polar surface area (TPSA) is 55.9 Å². The van der Waals surface area contributed by atoms with Gasteiger partial charge in [-0.25, -0.2) is 4.99 Å². The summed E-state index contributed by atoms with van der Waals surface area (Å²) in [5.74, 6) is 0.804. The van der Waals surface area contributed by atoms with E-state index in [4.69, 9.17) is 13.8 Å². The zero-order chi connectivity index (χ0) is 25.9. The molecular weight excluding hydrogens is 494 g/mol. The standard InChI is InChI=1S/C35H19N3O2/c1-2-10-20-19(9-1)28-21-11-3-5-14-24(21)38(33(28)34-29(20)22-12-4-6-16-26(22)39-34)25-15-7-17-27-30(25)32-35(40-27)31-23(37-32)13-8-18-36-31/h1-18,31H. The maximum Gasteiger partial charge on any atom is 0.161 e. The zero-order valence-corrected chi connectivity index (χ0v) is 21.1. The average molecular weight is 514 g/mol. The number of nitrogens with zero attached hydrogens (tertiary/aromatic N) is 3. The highest BCUT2D eigenvalue weighted by Gasteiger charge is 2.34. The van der Waals surface area contributed by atoms with Gasteiger partial charge in [-0.15, -0.1) is 0 Å². The van der Waals surface area contributed by atoms with Gasteiger partial charge in [0.05, 0.1) is 27.8 Å². The molecule has 0 saturated carbocycles. The summed E-state index contributed by atoms with van der Waals surface area (Å²) in [4.78, 5) is 9.69. The highest BCUT2D eigenvalue weighted by atomic mass is 16.3. The molecular formula is C35H19N3O2. The van der Waals surface area contributed by atoms with Gasteiger partial charge in [0, 0.05) is 27.8 Å². The summed E-state index contributed by atoms with van der Waals surface area (Å²) in [6, 6.07) is 31.7. The fourth-order valence-electron chi connectivity index (χ4n) is 6.87. The summed E-state index contributed by atoms with van der Waals surface area (Å²) in [6.45, 7) is 0. The number of furan rings is 2. The third-order valence-electron chi connectivity index (χ3n) is 8.44. The lowest BCUT2D eigenvalue weighted by molar-refractivity contribution is 0.547. The van der Waals surface area contributed by atoms with Crippen LogP contribution < -0.4 is 0 Å². The molecule has 1 atom stereocenters. The number of hydrogen-bond donors (Lipinski definition) is 0. The van der Waals surface area contributed by atoms with E-state index in [0.717, 1.165) is 66.8 Å². The van der Waals surface area contributed by atoms with Gasteiger partial charge in [-0.2, -0.15) is 0 Å². The van der Waals surface area contributed by atoms with E-state index in [-0.39, 0.29) is 6.04 Å². The summed E-state index contributed by atoms with van der Waals surface area (Å²) in [5.41, 5.74) is 7.53. The number of allylic oxidation sites excluding steroid dienone is 1. The Bertz CT molecular complexity index is 2500. The van der Waals surface area contributed by atoms with E-state index in [1.807, 2.05) is 30.5 Å². The third-order valence-corrected chi connectivity index (χ3v) is 8.44. The first kappa shape index (κ1) is 20.5. The van der Waals surface area contributed by atoms with E-state index in [1.54, 1.807) is 0 Å². The molecule has 0 radical (unpaired) electrons. The second-order valence-corrected chi connectivity index (χ2v) is 10.5. The van der Waals surface area contributed by atoms with E-state index in [0.29, 0.717) is 0 Å². The van der Waals surface area contributed by atoms with Crippen LogP contribution in [0.15, 0.2) is 122 Å². The number of dihydropyridines is 1. The van der Waals surface area contributed by atoms with Crippen molar-refractivity contribution >= 4 is 83.1 Å². The van der Waals surface area contributed by atoms with Gasteiger partial charge >= 0.3 is 0 Å². The minimum Gasteiger partial charge on any atom is -0.456 e. The molecule has 0 saturated heterocycles. The highest BCUT2D eigenvalue weighted by molar-refractivity contribution is 6.35. The van der Waals surface area contributed by atoms with Crippen molar-refractivity contribution < 1.29 is 8.83 Å². The Kier molecular flexibility index (Phi) is 3.67. The number of para-hydroxylation sites is 2. The van der Waals surface area contributed by atoms with Gasteiger partial charge < -0.3 is 13.4 Å². The van der Waals surface area contributed by atoms with Gasteiger partial charge in [-0.1, -0.05) is 66.7 Å². The van der Waals surface area contributed by atoms with Crippen molar-refractivity contribution in [1.82, 2.24) is 4.57 Å². The Morgan fingerprint density at radius 3 is 2.30 bits per heavy atom. The number of aliphatic imine (C=N–C) groups is 2. The Labute approximate surface area is 227 Å². The minimum atomic E-state index is -0.190. The molecule has 40 heavy (non-hydrogen) atoms. The van der Waals surface area contributed by atoms with Crippen LogP contribution in [-0.2, 0) is 0 Å². The Morgan fingerprint density at radius 1 is 0.650 bits per heavy atom. The smallest absolute Gasteiger partial charge is 0.161 e. The molecule has 2 aliphatic heterocycles. The molecule has 0 amide bonds. The SMILES string of the molecule is C1=CC2=Nc3c(oc4cccc(-n5c6ccccc6c6c7ccccc7c7c8ccccc8oc7c65)c34)C2N=C1. The molecule has 3 aromatic heterocycles. The first-order valence-corrected chi connectivity index (χ1v) is 13.5. The van der Waals surface area contributed by atoms with E-state index < -0.39 is 0 Å². The van der Waals surface area contributed by atoms with Crippen LogP contribution in [0.4, 0.5) is 5.69 Å². The summed E-state index contributed by atoms with van der Waals surface area (Å²) >= 11 is 0. The molecule has 5 heterocycles. The molecule has 0 N–H and O–H groups in total. The molecule has 5 heteroatoms. The zero-order valence-electron chi connectivity index (χ0n) is 21.1. The lowest BCUT2D eigenvalue weighted by Crippen LogP contribution is -2.05. The quantitative estimate of drug-likeness (QED) is 0.220. The predicted molar refractivity (Wildman–Crippen MR) is 163 cm³/mol. The fraction of sp³-hybridized carbons (Fsp3) is 0.0286. The van der Waals surface area contributed by atoms with Crippen molar-refractivity contribution in [3.63, 3.8) is 0 Å². The molecule has 186 valence electrons. The van der Waals surface area contributed by atoms with Crippen LogP contribution >= 0.6 is 0 Å². The molecule has 5 nitrogen and oxygen atoms in total. The van der Waals surface area contributed by atoms with Crippen molar-refractivity contribution in [3.05, 3.63) is 109 Å². The second-order valence-electron chi connectivity index (χ2n) is 10.5. The molecule has 0 spiro atoms. The van der Waals surface area contributed by atoms with E-state index in [9.17, 15) is 0 Å². The van der Waals surface area contributed by atoms with Crippen LogP contribution in [0.2, 0.25) is 0 Å². The molecule has 2 aliphatic rings. The highest BCUT2D eigenvalue weighted by Crippen LogP contribution is 2.50. The molecule has 0 fully saturated rings. The normalized spacial score (nSPS) is 16.2. The minimum absolute atomic E-state index is 0.190. The van der Waals surface area contributed by atoms with Crippen molar-refractivity contribution in [1.29, 1.82) is 0 Å². The Hall–Kier alpha value is -5.42. The van der Waals surface area contributed by atoms with E-state index in [1.165, 1.54) is 21.5 Å². The van der Waals surface area contributed by atoms with Crippen molar-refractivity contribution in [2.24, 2.45) is 9.98 Å². The number of rotatable bonds is 1. The molecule has 5 aromatic carbocycles. The van der Waals surface area contributed by atoms with Gasteiger partial charge in [-0.05, 0) is 47.2 Å². The van der Waals surface area contributed by atoms with Crippen LogP contribution in [0.1, 0.15) is 11.8 Å². The van der Waals surface area contributed by atoms with Gasteiger partial charge in [0.2, 0.25) is 0 Å². The van der Waals surface area contributed by atoms with Gasteiger partial charge in [0.15, 0.2) is 17.4 Å². The largest absolute Gasteiger partial charge is 0.456 e. The van der Waals surface area contributed by atoms with Crippen LogP contribution in [0.3, 0.4) is 0 Å². The summed E-state index contributed by atoms with van der Waals surface area (Å²) in [7, 11) is 0. The third kappa shape index (κ3) is 2.39. The van der Waals surface area contributed by atoms with Crippen LogP contribution in [0.25, 0.3) is 71.2 Å². The predicted octanol–water partition coefficient (Wildman–Crippen LogP) is 9.35. The molecule has 10 rings (SSSR count). The summed E-state index contributed by atoms with van der Waals surface area (Å²) < 4.78 is 15.5. The first-order chi connectivity index (χ1) is 19.9. The Morgan fingerprint density at radius 2 is 1.40 bits per heavy atom. The average Bonchev–Trinajstić information content (AvgIpc) is 3.75. The fourth-order valence-corrected chi connectivity index (χ4v) is 6.87. The van der Waals surface area contributed by atoms with E-state index in [2.05, 4.69) is 88.4 Å². The Balaban J connectivity index is 1.46. The van der Waals surface area contributed by atoms with E-state index >= 15 is 0 Å². The van der Waals surface area contributed by atoms with Crippen molar-refractivity contribution in [2.75, 3.05) is 0 Å². The molecule has 1 unspecified atom stereocenters. The number of hydrogen-bond acceptors (Lipinski definition) is 4. The summed E-state index contributed by atoms with van der Waals surface area (Å²) in [6.07, 6.45) is 5.77. The monoisotopic (exact) mass is 513 g/mol. The number of benzene rings is 5. The molecule has 8 aromatic rings. The second kappa shape index (κ2) is 7.16. The summed E-state index contributed by atoms with van der Waals surface area (Å²) in [5, 5.41) is 8.02. The lowest BCUT2D eigenvalue weighted by atomic mass is 9.99. The maximum absolute atomic E-state index is 6.73. The van der Waals surface area contributed by atoms with Crippen LogP contribution in [0.5, 0.6) is 0 Å². The number of aromatic nitrogens is 1. The van der Waals surface area contributed by atoms with Crippen molar-refractivity contribution in [3.8, 4) is 5.69 Å². The van der Waals surface area contributed by atoms with Crippen molar-refractivity contribution in [2.45, 2.75) is 6.04 Å². The van der Waals surface area contributed by atoms with Gasteiger partial charge in [0.1, 0.15) is 16.9 Å². The molecule has 0 bridgehead atoms. The molecule has 0 aliphatic carbocycles.